The maximum atomic E-state index is 5.26. The lowest BCUT2D eigenvalue weighted by Gasteiger charge is -2.35. The molecule has 12 heterocycles. The van der Waals surface area contributed by atoms with Crippen LogP contribution in [0.1, 0.15) is 29.2 Å². The van der Waals surface area contributed by atoms with E-state index in [-0.39, 0.29) is 12.1 Å². The quantitative estimate of drug-likeness (QED) is 0.0688. The maximum absolute atomic E-state index is 5.26. The fourth-order valence-electron chi connectivity index (χ4n) is 11.0. The van der Waals surface area contributed by atoms with Gasteiger partial charge < -0.3 is 60.5 Å². The molecule has 0 amide bonds. The summed E-state index contributed by atoms with van der Waals surface area (Å²) in [4.78, 5) is 56.7. The van der Waals surface area contributed by atoms with Crippen molar-refractivity contribution < 1.29 is 0 Å². The second kappa shape index (κ2) is 20.5. The molecule has 8 aromatic rings. The molecule has 0 spiro atoms. The molecular weight excluding hydrogens is 965 g/mol. The van der Waals surface area contributed by atoms with E-state index in [0.29, 0.717) is 39.3 Å². The molecule has 0 aromatic carbocycles. The van der Waals surface area contributed by atoms with Gasteiger partial charge in [-0.25, -0.2) is 39.9 Å². The predicted octanol–water partition coefficient (Wildman–Crippen LogP) is 7.83. The Balaban J connectivity index is 0.820. The van der Waals surface area contributed by atoms with Crippen molar-refractivity contribution in [2.75, 3.05) is 109 Å². The fraction of sp³-hybridized carbons (Fsp3) is 0.298. The minimum Gasteiger partial charge on any atom is -0.339 e. The van der Waals surface area contributed by atoms with E-state index in [1.165, 1.54) is 0 Å². The van der Waals surface area contributed by atoms with Gasteiger partial charge in [-0.3, -0.25) is 0 Å². The molecule has 20 nitrogen and oxygen atoms in total. The van der Waals surface area contributed by atoms with Crippen molar-refractivity contribution in [3.05, 3.63) is 145 Å². The van der Waals surface area contributed by atoms with Crippen LogP contribution in [0.15, 0.2) is 122 Å². The molecular formula is C57H64N20. The summed E-state index contributed by atoms with van der Waals surface area (Å²) >= 11 is 0. The van der Waals surface area contributed by atoms with Crippen molar-refractivity contribution in [1.29, 1.82) is 0 Å². The molecule has 0 fully saturated rings. The molecule has 0 radical (unpaired) electrons. The summed E-state index contributed by atoms with van der Waals surface area (Å²) in [5, 5.41) is 15.6. The Labute approximate surface area is 449 Å². The van der Waals surface area contributed by atoms with Gasteiger partial charge in [-0.1, -0.05) is 0 Å². The smallest absolute Gasteiger partial charge is 0.158 e. The van der Waals surface area contributed by atoms with Crippen LogP contribution in [0, 0.1) is 0 Å². The Hall–Kier alpha value is -8.56. The zero-order chi connectivity index (χ0) is 52.9. The second-order valence-electron chi connectivity index (χ2n) is 20.0. The lowest BCUT2D eigenvalue weighted by Crippen LogP contribution is -2.53. The van der Waals surface area contributed by atoms with Gasteiger partial charge in [0.25, 0.3) is 0 Å². The summed E-state index contributed by atoms with van der Waals surface area (Å²) in [6.07, 6.45) is 8.10. The monoisotopic (exact) mass is 1030 g/mol. The number of nitrogens with zero attached hydrogens (tertiary/aromatic N) is 16. The third kappa shape index (κ3) is 9.07. The molecule has 12 rings (SSSR count). The molecule has 4 aliphatic rings. The Bertz CT molecular complexity index is 3480. The lowest BCUT2D eigenvalue weighted by atomic mass is 10.0. The van der Waals surface area contributed by atoms with Crippen molar-refractivity contribution in [2.24, 2.45) is 0 Å². The lowest BCUT2D eigenvalue weighted by molar-refractivity contribution is 0.328. The van der Waals surface area contributed by atoms with Gasteiger partial charge in [0, 0.05) is 126 Å². The van der Waals surface area contributed by atoms with Crippen LogP contribution in [0.25, 0.3) is 0 Å². The molecule has 2 atom stereocenters. The summed E-state index contributed by atoms with van der Waals surface area (Å²) in [5.74, 6) is 6.97. The van der Waals surface area contributed by atoms with Crippen molar-refractivity contribution in [1.82, 2.24) is 61.1 Å². The summed E-state index contributed by atoms with van der Waals surface area (Å²) in [6.45, 7) is 3.54. The summed E-state index contributed by atoms with van der Waals surface area (Å²) < 4.78 is 0. The number of anilines is 16. The highest BCUT2D eigenvalue weighted by Gasteiger charge is 2.31. The van der Waals surface area contributed by atoms with Gasteiger partial charge in [0.2, 0.25) is 0 Å². The first-order valence-corrected chi connectivity index (χ1v) is 26.1. The second-order valence-corrected chi connectivity index (χ2v) is 20.0. The van der Waals surface area contributed by atoms with Crippen molar-refractivity contribution in [3.8, 4) is 0 Å². The minimum atomic E-state index is -0.0823. The topological polar surface area (TPSA) is 177 Å². The third-order valence-corrected chi connectivity index (χ3v) is 15.3. The molecule has 0 bridgehead atoms. The number of pyridine rings is 8. The van der Waals surface area contributed by atoms with E-state index in [0.717, 1.165) is 121 Å². The highest BCUT2D eigenvalue weighted by atomic mass is 15.3. The van der Waals surface area contributed by atoms with Gasteiger partial charge in [-0.05, 0) is 110 Å². The van der Waals surface area contributed by atoms with Gasteiger partial charge in [-0.15, -0.1) is 0 Å². The largest absolute Gasteiger partial charge is 0.339 e. The van der Waals surface area contributed by atoms with Crippen LogP contribution < -0.4 is 60.5 Å². The molecule has 392 valence electrons. The standard InChI is InChI=1S/C57H64N20/c1-70-42-13-9-26-60-50(42)74(5)54-46(70)21-17-36(66-54)31-58-30-25-40(64-33-38-19-23-48-56(68-38)76(7)52-44(72(48)3)15-11-28-62-52)41(65-34-39-20-24-49-57(69-39)77(8)53-45(73(49)4)16-12-29-63-53)35-59-32-37-18-22-47-55(67-37)75(6)51-43(71(47)2)14-10-27-61-51/h9-24,26-29,40-41,58-59,64-65H,25,30-35H2,1-8H3. The average Bonchev–Trinajstić information content (AvgIpc) is 3.50. The summed E-state index contributed by atoms with van der Waals surface area (Å²) in [5.41, 5.74) is 12.0. The van der Waals surface area contributed by atoms with Crippen molar-refractivity contribution in [3.63, 3.8) is 0 Å². The molecule has 8 aromatic heterocycles. The third-order valence-electron chi connectivity index (χ3n) is 15.3. The number of rotatable bonds is 16. The molecule has 0 saturated heterocycles. The Morgan fingerprint density at radius 1 is 0.325 bits per heavy atom. The summed E-state index contributed by atoms with van der Waals surface area (Å²) in [7, 11) is 16.4. The Kier molecular flexibility index (Phi) is 13.1. The van der Waals surface area contributed by atoms with Crippen molar-refractivity contribution >= 4 is 92.0 Å². The molecule has 2 unspecified atom stereocenters. The zero-order valence-corrected chi connectivity index (χ0v) is 44.8. The minimum absolute atomic E-state index is 0.0455. The van der Waals surface area contributed by atoms with Gasteiger partial charge in [0.15, 0.2) is 46.5 Å². The van der Waals surface area contributed by atoms with E-state index in [2.05, 4.69) is 166 Å². The van der Waals surface area contributed by atoms with Gasteiger partial charge >= 0.3 is 0 Å². The number of fused-ring (bicyclic) bond motifs is 8. The number of aromatic nitrogens is 8. The SMILES string of the molecule is CN1c2cccnc2N(C)c2nc(CNCCC(NCc3ccc4c(n3)N(C)c3ncccc3N4C)C(CNCc3ccc4c(n3)N(C)c3ncccc3N4C)NCc3ccc4c(n3)N(C)c3ncccc3N4C)ccc21. The maximum Gasteiger partial charge on any atom is 0.158 e. The first-order chi connectivity index (χ1) is 37.5. The van der Waals surface area contributed by atoms with Crippen LogP contribution in [-0.4, -0.2) is 121 Å². The van der Waals surface area contributed by atoms with Crippen LogP contribution in [0.3, 0.4) is 0 Å². The van der Waals surface area contributed by atoms with Crippen LogP contribution in [0.4, 0.5) is 92.0 Å². The molecule has 4 N–H and O–H groups in total. The number of hydrogen-bond acceptors (Lipinski definition) is 20. The molecule has 20 heteroatoms. The average molecular weight is 1030 g/mol. The van der Waals surface area contributed by atoms with E-state index in [1.54, 1.807) is 0 Å². The molecule has 77 heavy (non-hydrogen) atoms. The first-order valence-electron chi connectivity index (χ1n) is 26.1. The number of hydrogen-bond donors (Lipinski definition) is 4. The predicted molar refractivity (Wildman–Crippen MR) is 308 cm³/mol. The zero-order valence-electron chi connectivity index (χ0n) is 44.8. The van der Waals surface area contributed by atoms with E-state index >= 15 is 0 Å². The van der Waals surface area contributed by atoms with E-state index in [4.69, 9.17) is 34.9 Å². The molecule has 4 aliphatic heterocycles. The Morgan fingerprint density at radius 2 is 0.623 bits per heavy atom. The van der Waals surface area contributed by atoms with Gasteiger partial charge in [0.1, 0.15) is 0 Å². The Morgan fingerprint density at radius 3 is 0.974 bits per heavy atom. The van der Waals surface area contributed by atoms with E-state index in [1.807, 2.05) is 77.2 Å². The highest BCUT2D eigenvalue weighted by molar-refractivity contribution is 5.92. The van der Waals surface area contributed by atoms with E-state index in [9.17, 15) is 0 Å². The number of nitrogens with one attached hydrogen (secondary N) is 4. The van der Waals surface area contributed by atoms with Crippen LogP contribution >= 0.6 is 0 Å². The van der Waals surface area contributed by atoms with Crippen LogP contribution in [0.5, 0.6) is 0 Å². The molecule has 0 saturated carbocycles. The van der Waals surface area contributed by atoms with Gasteiger partial charge in [0.05, 0.1) is 68.3 Å². The fourth-order valence-corrected chi connectivity index (χ4v) is 11.0. The normalized spacial score (nSPS) is 14.8. The van der Waals surface area contributed by atoms with Gasteiger partial charge in [-0.2, -0.15) is 0 Å². The van der Waals surface area contributed by atoms with Crippen LogP contribution in [0.2, 0.25) is 0 Å². The molecule has 0 aliphatic carbocycles. The van der Waals surface area contributed by atoms with E-state index < -0.39 is 0 Å². The summed E-state index contributed by atoms with van der Waals surface area (Å²) in [6, 6.07) is 33.2. The highest BCUT2D eigenvalue weighted by Crippen LogP contribution is 2.47. The van der Waals surface area contributed by atoms with Crippen LogP contribution in [-0.2, 0) is 26.2 Å². The first kappa shape index (κ1) is 49.3. The van der Waals surface area contributed by atoms with Crippen molar-refractivity contribution in [2.45, 2.75) is 44.7 Å².